The fraction of sp³-hybridized carbons (Fsp3) is 0.130. The van der Waals surface area contributed by atoms with Crippen LogP contribution in [-0.4, -0.2) is 26.8 Å². The van der Waals surface area contributed by atoms with Crippen LogP contribution in [0, 0.1) is 0 Å². The average molecular weight is 510 g/mol. The summed E-state index contributed by atoms with van der Waals surface area (Å²) in [6.45, 7) is -0.00699. The van der Waals surface area contributed by atoms with Gasteiger partial charge in [0.1, 0.15) is 0 Å². The second kappa shape index (κ2) is 10.3. The average Bonchev–Trinajstić information content (AvgIpc) is 2.77. The maximum Gasteiger partial charge on any atom is 0.417 e. The van der Waals surface area contributed by atoms with Crippen molar-refractivity contribution in [2.45, 2.75) is 12.7 Å². The Morgan fingerprint density at radius 2 is 1.65 bits per heavy atom. The van der Waals surface area contributed by atoms with Crippen molar-refractivity contribution >= 4 is 39.4 Å². The number of hydrogen-bond acceptors (Lipinski definition) is 4. The van der Waals surface area contributed by atoms with Gasteiger partial charge in [-0.05, 0) is 42.0 Å². The first-order valence-corrected chi connectivity index (χ1v) is 12.0. The lowest BCUT2D eigenvalue weighted by Gasteiger charge is -2.23. The maximum absolute atomic E-state index is 13.0. The highest BCUT2D eigenvalue weighted by Gasteiger charge is 2.32. The first-order chi connectivity index (χ1) is 16.0. The molecule has 0 heterocycles. The van der Waals surface area contributed by atoms with E-state index in [4.69, 9.17) is 11.6 Å². The number of benzene rings is 3. The normalized spacial score (nSPS) is 12.0. The number of carbonyl (C=O) groups is 1. The molecule has 3 rings (SSSR count). The number of hydrazone groups is 1. The van der Waals surface area contributed by atoms with Crippen molar-refractivity contribution in [3.8, 4) is 0 Å². The number of anilines is 1. The van der Waals surface area contributed by atoms with Crippen molar-refractivity contribution in [3.05, 3.63) is 100 Å². The predicted molar refractivity (Wildman–Crippen MR) is 125 cm³/mol. The van der Waals surface area contributed by atoms with Crippen LogP contribution >= 0.6 is 11.6 Å². The molecule has 3 aromatic rings. The van der Waals surface area contributed by atoms with Crippen LogP contribution < -0.4 is 9.73 Å². The molecule has 0 aliphatic heterocycles. The Balaban J connectivity index is 1.75. The van der Waals surface area contributed by atoms with Crippen LogP contribution in [-0.2, 0) is 22.7 Å². The number of amides is 1. The Morgan fingerprint density at radius 1 is 1.03 bits per heavy atom. The Bertz CT molecular complexity index is 1310. The smallest absolute Gasteiger partial charge is 0.267 e. The molecular formula is C23H19ClF3N3O3S. The first-order valence-electron chi connectivity index (χ1n) is 9.77. The lowest BCUT2D eigenvalue weighted by molar-refractivity contribution is -0.137. The highest BCUT2D eigenvalue weighted by molar-refractivity contribution is 7.92. The Hall–Kier alpha value is -3.37. The van der Waals surface area contributed by atoms with E-state index in [2.05, 4.69) is 10.5 Å². The quantitative estimate of drug-likeness (QED) is 0.356. The van der Waals surface area contributed by atoms with Crippen LogP contribution in [0.2, 0.25) is 5.02 Å². The van der Waals surface area contributed by atoms with Gasteiger partial charge < -0.3 is 0 Å². The lowest BCUT2D eigenvalue weighted by Crippen LogP contribution is -2.29. The summed E-state index contributed by atoms with van der Waals surface area (Å²) < 4.78 is 65.0. The summed E-state index contributed by atoms with van der Waals surface area (Å²) in [6, 6.07) is 17.3. The fourth-order valence-electron chi connectivity index (χ4n) is 3.05. The van der Waals surface area contributed by atoms with Crippen molar-refractivity contribution in [2.75, 3.05) is 10.6 Å². The van der Waals surface area contributed by atoms with Crippen molar-refractivity contribution in [2.24, 2.45) is 5.10 Å². The first kappa shape index (κ1) is 25.3. The summed E-state index contributed by atoms with van der Waals surface area (Å²) in [4.78, 5) is 12.3. The van der Waals surface area contributed by atoms with Gasteiger partial charge in [0.15, 0.2) is 0 Å². The van der Waals surface area contributed by atoms with Gasteiger partial charge in [-0.15, -0.1) is 0 Å². The molecule has 0 aliphatic carbocycles. The SMILES string of the molecule is CS(=O)(=O)N(Cc1ccccc1Cl)c1ccc(C(=O)N/N=C/c2ccccc2C(F)(F)F)cc1. The number of carbonyl (C=O) groups excluding carboxylic acids is 1. The van der Waals surface area contributed by atoms with Crippen molar-refractivity contribution in [1.82, 2.24) is 5.43 Å². The second-order valence-electron chi connectivity index (χ2n) is 7.19. The predicted octanol–water partition coefficient (Wildman–Crippen LogP) is 5.09. The fourth-order valence-corrected chi connectivity index (χ4v) is 4.13. The number of alkyl halides is 3. The number of hydrogen-bond donors (Lipinski definition) is 1. The molecule has 0 aliphatic rings. The molecule has 0 aromatic heterocycles. The molecule has 1 amide bonds. The van der Waals surface area contributed by atoms with Gasteiger partial charge in [-0.2, -0.15) is 18.3 Å². The zero-order valence-electron chi connectivity index (χ0n) is 17.8. The Morgan fingerprint density at radius 3 is 2.26 bits per heavy atom. The van der Waals surface area contributed by atoms with E-state index >= 15 is 0 Å². The van der Waals surface area contributed by atoms with Crippen molar-refractivity contribution in [1.29, 1.82) is 0 Å². The Kier molecular flexibility index (Phi) is 7.63. The van der Waals surface area contributed by atoms with E-state index in [-0.39, 0.29) is 17.7 Å². The molecule has 178 valence electrons. The van der Waals surface area contributed by atoms with Crippen LogP contribution in [0.5, 0.6) is 0 Å². The monoisotopic (exact) mass is 509 g/mol. The topological polar surface area (TPSA) is 78.8 Å². The van der Waals surface area contributed by atoms with Crippen LogP contribution in [0.1, 0.15) is 27.0 Å². The number of nitrogens with one attached hydrogen (secondary N) is 1. The van der Waals surface area contributed by atoms with Crippen LogP contribution in [0.25, 0.3) is 0 Å². The molecule has 0 spiro atoms. The summed E-state index contributed by atoms with van der Waals surface area (Å²) in [5.74, 6) is -0.677. The van der Waals surface area contributed by atoms with Crippen molar-refractivity contribution < 1.29 is 26.4 Å². The third-order valence-electron chi connectivity index (χ3n) is 4.73. The van der Waals surface area contributed by atoms with Crippen LogP contribution in [0.3, 0.4) is 0 Å². The highest BCUT2D eigenvalue weighted by Crippen LogP contribution is 2.31. The van der Waals surface area contributed by atoms with E-state index in [1.54, 1.807) is 24.3 Å². The molecule has 0 fully saturated rings. The standard InChI is InChI=1S/C23H19ClF3N3O3S/c1-34(32,33)30(15-18-7-3-5-9-21(18)24)19-12-10-16(11-13-19)22(31)29-28-14-17-6-2-4-8-20(17)23(25,26)27/h2-14H,15H2,1H3,(H,29,31)/b28-14+. The number of halogens is 4. The van der Waals surface area contributed by atoms with E-state index in [9.17, 15) is 26.4 Å². The highest BCUT2D eigenvalue weighted by atomic mass is 35.5. The summed E-state index contributed by atoms with van der Waals surface area (Å²) >= 11 is 6.15. The minimum Gasteiger partial charge on any atom is -0.267 e. The van der Waals surface area contributed by atoms with Crippen molar-refractivity contribution in [3.63, 3.8) is 0 Å². The summed E-state index contributed by atoms with van der Waals surface area (Å²) in [7, 11) is -3.67. The molecule has 0 unspecified atom stereocenters. The molecule has 3 aromatic carbocycles. The van der Waals surface area contributed by atoms with Gasteiger partial charge in [0.05, 0.1) is 30.3 Å². The van der Waals surface area contributed by atoms with Gasteiger partial charge in [0.2, 0.25) is 10.0 Å². The molecule has 0 radical (unpaired) electrons. The molecule has 11 heteroatoms. The van der Waals surface area contributed by atoms with E-state index in [0.29, 0.717) is 16.3 Å². The number of rotatable bonds is 7. The van der Waals surface area contributed by atoms with E-state index in [1.807, 2.05) is 0 Å². The summed E-state index contributed by atoms with van der Waals surface area (Å²) in [5.41, 5.74) is 2.13. The summed E-state index contributed by atoms with van der Waals surface area (Å²) in [6.07, 6.45) is -2.60. The molecule has 34 heavy (non-hydrogen) atoms. The molecule has 0 saturated heterocycles. The van der Waals surface area contributed by atoms with Crippen LogP contribution in [0.4, 0.5) is 18.9 Å². The molecule has 1 N–H and O–H groups in total. The van der Waals surface area contributed by atoms with Gasteiger partial charge in [0.25, 0.3) is 5.91 Å². The summed E-state index contributed by atoms with van der Waals surface area (Å²) in [5, 5.41) is 4.02. The molecule has 0 saturated carbocycles. The molecule has 0 atom stereocenters. The third kappa shape index (κ3) is 6.36. The van der Waals surface area contributed by atoms with E-state index in [0.717, 1.165) is 22.8 Å². The second-order valence-corrected chi connectivity index (χ2v) is 9.51. The number of nitrogens with zero attached hydrogens (tertiary/aromatic N) is 2. The molecular weight excluding hydrogens is 491 g/mol. The van der Waals surface area contributed by atoms with Gasteiger partial charge in [-0.25, -0.2) is 13.8 Å². The minimum atomic E-state index is -4.56. The Labute approximate surface area is 199 Å². The molecule has 6 nitrogen and oxygen atoms in total. The zero-order valence-corrected chi connectivity index (χ0v) is 19.3. The lowest BCUT2D eigenvalue weighted by atomic mass is 10.1. The number of sulfonamides is 1. The zero-order chi connectivity index (χ0) is 24.9. The maximum atomic E-state index is 13.0. The van der Waals surface area contributed by atoms with Gasteiger partial charge >= 0.3 is 6.18 Å². The van der Waals surface area contributed by atoms with Gasteiger partial charge in [0, 0.05) is 16.1 Å². The van der Waals surface area contributed by atoms with E-state index < -0.39 is 27.7 Å². The third-order valence-corrected chi connectivity index (χ3v) is 6.23. The van der Waals surface area contributed by atoms with Crippen LogP contribution in [0.15, 0.2) is 77.9 Å². The van der Waals surface area contributed by atoms with Gasteiger partial charge in [-0.1, -0.05) is 48.0 Å². The minimum absolute atomic E-state index is 0.00699. The van der Waals surface area contributed by atoms with E-state index in [1.165, 1.54) is 42.5 Å². The van der Waals surface area contributed by atoms with Gasteiger partial charge in [-0.3, -0.25) is 9.10 Å². The molecule has 0 bridgehead atoms. The largest absolute Gasteiger partial charge is 0.417 e.